The summed E-state index contributed by atoms with van der Waals surface area (Å²) in [6.45, 7) is 0.496. The van der Waals surface area contributed by atoms with E-state index in [4.69, 9.17) is 17.3 Å². The summed E-state index contributed by atoms with van der Waals surface area (Å²) < 4.78 is 28.4. The van der Waals surface area contributed by atoms with Crippen LogP contribution in [-0.2, 0) is 17.1 Å². The maximum Gasteiger partial charge on any atom is 0.259 e. The summed E-state index contributed by atoms with van der Waals surface area (Å²) in [7, 11) is -1.96. The molecule has 0 spiro atoms. The Hall–Kier alpha value is -0.630. The maximum absolute atomic E-state index is 12.1. The first-order valence-electron chi connectivity index (χ1n) is 5.85. The molecule has 2 atom stereocenters. The minimum atomic E-state index is -3.61. The lowest BCUT2D eigenvalue weighted by molar-refractivity contribution is 0.452. The molecule has 2 rings (SSSR count). The first-order chi connectivity index (χ1) is 8.44. The van der Waals surface area contributed by atoms with Gasteiger partial charge in [0.2, 0.25) is 5.28 Å². The maximum atomic E-state index is 12.1. The van der Waals surface area contributed by atoms with Crippen molar-refractivity contribution in [3.8, 4) is 0 Å². The van der Waals surface area contributed by atoms with Crippen LogP contribution >= 0.6 is 11.6 Å². The summed E-state index contributed by atoms with van der Waals surface area (Å²) in [6.07, 6.45) is 4.18. The number of nitrogens with two attached hydrogens (primary N) is 1. The molecule has 0 aliphatic heterocycles. The molecule has 1 aliphatic carbocycles. The van der Waals surface area contributed by atoms with Gasteiger partial charge in [-0.3, -0.25) is 0 Å². The molecule has 1 aromatic heterocycles. The van der Waals surface area contributed by atoms with Gasteiger partial charge in [-0.2, -0.15) is 0 Å². The summed E-state index contributed by atoms with van der Waals surface area (Å²) in [4.78, 5) is 3.82. The molecule has 0 unspecified atom stereocenters. The van der Waals surface area contributed by atoms with Crippen LogP contribution in [0.1, 0.15) is 19.3 Å². The summed E-state index contributed by atoms with van der Waals surface area (Å²) >= 11 is 5.75. The minimum Gasteiger partial charge on any atom is -0.330 e. The number of hydrogen-bond donors (Lipinski definition) is 2. The Morgan fingerprint density at radius 2 is 2.33 bits per heavy atom. The molecule has 1 heterocycles. The number of nitrogens with one attached hydrogen (secondary N) is 1. The van der Waals surface area contributed by atoms with Crippen molar-refractivity contribution < 1.29 is 8.42 Å². The topological polar surface area (TPSA) is 90.0 Å². The van der Waals surface area contributed by atoms with Crippen molar-refractivity contribution in [1.29, 1.82) is 0 Å². The van der Waals surface area contributed by atoms with Gasteiger partial charge in [-0.1, -0.05) is 6.42 Å². The number of sulfonamides is 1. The highest BCUT2D eigenvalue weighted by Gasteiger charge is 2.31. The smallest absolute Gasteiger partial charge is 0.259 e. The third-order valence-electron chi connectivity index (χ3n) is 3.34. The molecule has 1 fully saturated rings. The van der Waals surface area contributed by atoms with Gasteiger partial charge in [0, 0.05) is 19.3 Å². The monoisotopic (exact) mass is 292 g/mol. The number of nitrogens with zero attached hydrogens (tertiary/aromatic N) is 2. The molecule has 0 amide bonds. The van der Waals surface area contributed by atoms with Crippen molar-refractivity contribution in [3.05, 3.63) is 11.5 Å². The second kappa shape index (κ2) is 5.16. The third-order valence-corrected chi connectivity index (χ3v) is 5.05. The van der Waals surface area contributed by atoms with Crippen LogP contribution in [0.3, 0.4) is 0 Å². The number of rotatable bonds is 4. The highest BCUT2D eigenvalue weighted by molar-refractivity contribution is 7.89. The van der Waals surface area contributed by atoms with Crippen molar-refractivity contribution >= 4 is 21.6 Å². The van der Waals surface area contributed by atoms with E-state index in [9.17, 15) is 8.42 Å². The number of halogens is 1. The van der Waals surface area contributed by atoms with E-state index < -0.39 is 10.0 Å². The first kappa shape index (κ1) is 13.8. The summed E-state index contributed by atoms with van der Waals surface area (Å²) in [5.41, 5.74) is 5.63. The van der Waals surface area contributed by atoms with Gasteiger partial charge in [0.1, 0.15) is 0 Å². The normalized spacial score (nSPS) is 24.6. The molecule has 0 aromatic carbocycles. The predicted octanol–water partition coefficient (Wildman–Crippen LogP) is 0.479. The Morgan fingerprint density at radius 1 is 1.61 bits per heavy atom. The van der Waals surface area contributed by atoms with E-state index in [-0.39, 0.29) is 22.3 Å². The summed E-state index contributed by atoms with van der Waals surface area (Å²) in [5.74, 6) is 0.207. The van der Waals surface area contributed by atoms with Gasteiger partial charge in [-0.15, -0.1) is 0 Å². The van der Waals surface area contributed by atoms with Crippen molar-refractivity contribution in [3.63, 3.8) is 0 Å². The lowest BCUT2D eigenvalue weighted by Gasteiger charge is -2.18. The van der Waals surface area contributed by atoms with E-state index in [2.05, 4.69) is 9.71 Å². The average Bonchev–Trinajstić information content (AvgIpc) is 2.86. The fourth-order valence-corrected chi connectivity index (χ4v) is 3.80. The summed E-state index contributed by atoms with van der Waals surface area (Å²) in [6, 6.07) is -0.0965. The molecule has 1 saturated carbocycles. The zero-order valence-corrected chi connectivity index (χ0v) is 11.7. The van der Waals surface area contributed by atoms with Crippen LogP contribution in [-0.4, -0.2) is 30.6 Å². The summed E-state index contributed by atoms with van der Waals surface area (Å²) in [5, 5.41) is 0.106. The van der Waals surface area contributed by atoms with Gasteiger partial charge in [-0.25, -0.2) is 18.1 Å². The van der Waals surface area contributed by atoms with Crippen molar-refractivity contribution in [2.75, 3.05) is 6.54 Å². The highest BCUT2D eigenvalue weighted by Crippen LogP contribution is 2.26. The van der Waals surface area contributed by atoms with Crippen LogP contribution in [0.25, 0.3) is 0 Å². The number of imidazole rings is 1. The van der Waals surface area contributed by atoms with E-state index in [0.29, 0.717) is 6.54 Å². The highest BCUT2D eigenvalue weighted by atomic mass is 35.5. The average molecular weight is 293 g/mol. The van der Waals surface area contributed by atoms with E-state index >= 15 is 0 Å². The van der Waals surface area contributed by atoms with Crippen LogP contribution in [0.2, 0.25) is 5.28 Å². The Balaban J connectivity index is 2.17. The zero-order valence-electron chi connectivity index (χ0n) is 10.1. The molecular formula is C10H17ClN4O2S. The SMILES string of the molecule is Cn1cc(S(=O)(=O)N[C@@H]2CCC[C@@H]2CN)nc1Cl. The molecule has 1 aromatic rings. The first-order valence-corrected chi connectivity index (χ1v) is 7.71. The van der Waals surface area contributed by atoms with Gasteiger partial charge >= 0.3 is 0 Å². The van der Waals surface area contributed by atoms with Gasteiger partial charge < -0.3 is 10.3 Å². The molecule has 6 nitrogen and oxygen atoms in total. The molecule has 18 heavy (non-hydrogen) atoms. The Labute approximate surface area is 112 Å². The molecule has 1 aliphatic rings. The minimum absolute atomic E-state index is 0.0438. The van der Waals surface area contributed by atoms with Crippen molar-refractivity contribution in [1.82, 2.24) is 14.3 Å². The number of aromatic nitrogens is 2. The van der Waals surface area contributed by atoms with Crippen LogP contribution in [0, 0.1) is 5.92 Å². The fourth-order valence-electron chi connectivity index (χ4n) is 2.28. The molecule has 8 heteroatoms. The van der Waals surface area contributed by atoms with Gasteiger partial charge in [0.05, 0.1) is 0 Å². The van der Waals surface area contributed by atoms with Crippen LogP contribution in [0.4, 0.5) is 0 Å². The van der Waals surface area contributed by atoms with E-state index in [1.807, 2.05) is 0 Å². The third kappa shape index (κ3) is 2.69. The molecule has 0 bridgehead atoms. The number of hydrogen-bond acceptors (Lipinski definition) is 4. The lowest BCUT2D eigenvalue weighted by Crippen LogP contribution is -2.39. The Bertz CT molecular complexity index is 508. The van der Waals surface area contributed by atoms with E-state index in [1.165, 1.54) is 10.8 Å². The van der Waals surface area contributed by atoms with Crippen molar-refractivity contribution in [2.45, 2.75) is 30.3 Å². The Kier molecular flexibility index (Phi) is 3.96. The fraction of sp³-hybridized carbons (Fsp3) is 0.700. The van der Waals surface area contributed by atoms with Crippen LogP contribution in [0.5, 0.6) is 0 Å². The van der Waals surface area contributed by atoms with Crippen LogP contribution < -0.4 is 10.5 Å². The Morgan fingerprint density at radius 3 is 2.89 bits per heavy atom. The zero-order chi connectivity index (χ0) is 13.3. The predicted molar refractivity (Wildman–Crippen MR) is 68.7 cm³/mol. The lowest BCUT2D eigenvalue weighted by atomic mass is 10.1. The molecule has 102 valence electrons. The van der Waals surface area contributed by atoms with Crippen molar-refractivity contribution in [2.24, 2.45) is 18.7 Å². The largest absolute Gasteiger partial charge is 0.330 e. The standard InChI is InChI=1S/C10H17ClN4O2S/c1-15-6-9(13-10(15)11)18(16,17)14-8-4-2-3-7(8)5-12/h6-8,14H,2-5,12H2,1H3/t7-,8-/m1/s1. The van der Waals surface area contributed by atoms with Gasteiger partial charge in [-0.05, 0) is 36.9 Å². The second-order valence-corrected chi connectivity index (χ2v) is 6.61. The van der Waals surface area contributed by atoms with E-state index in [0.717, 1.165) is 19.3 Å². The van der Waals surface area contributed by atoms with Gasteiger partial charge in [0.25, 0.3) is 10.0 Å². The quantitative estimate of drug-likeness (QED) is 0.844. The molecule has 0 radical (unpaired) electrons. The molecular weight excluding hydrogens is 276 g/mol. The van der Waals surface area contributed by atoms with Crippen LogP contribution in [0.15, 0.2) is 11.2 Å². The van der Waals surface area contributed by atoms with Gasteiger partial charge in [0.15, 0.2) is 5.03 Å². The second-order valence-electron chi connectivity index (χ2n) is 4.61. The number of aryl methyl sites for hydroxylation is 1. The van der Waals surface area contributed by atoms with E-state index in [1.54, 1.807) is 7.05 Å². The molecule has 3 N–H and O–H groups in total. The molecule has 0 saturated heterocycles.